The second kappa shape index (κ2) is 11.5. The molecule has 0 aromatic rings. The van der Waals surface area contributed by atoms with E-state index < -0.39 is 12.1 Å². The third kappa shape index (κ3) is 7.97. The van der Waals surface area contributed by atoms with Crippen molar-refractivity contribution in [3.05, 3.63) is 12.2 Å². The topological polar surface area (TPSA) is 52.6 Å². The number of allylic oxidation sites excluding steroid dienone is 1. The summed E-state index contributed by atoms with van der Waals surface area (Å²) in [5.41, 5.74) is 0. The summed E-state index contributed by atoms with van der Waals surface area (Å²) in [4.78, 5) is 23.6. The fourth-order valence-corrected chi connectivity index (χ4v) is 1.83. The normalized spacial score (nSPS) is 14.0. The lowest BCUT2D eigenvalue weighted by Gasteiger charge is -2.22. The first-order valence-electron chi connectivity index (χ1n) is 7.57. The molecule has 116 valence electrons. The average Bonchev–Trinajstić information content (AvgIpc) is 2.42. The zero-order chi connectivity index (χ0) is 15.4. The number of hydrogen-bond acceptors (Lipinski definition) is 4. The summed E-state index contributed by atoms with van der Waals surface area (Å²) in [6.07, 6.45) is 6.85. The Morgan fingerprint density at radius 3 is 2.40 bits per heavy atom. The van der Waals surface area contributed by atoms with Gasteiger partial charge in [-0.05, 0) is 19.8 Å². The molecule has 0 bridgehead atoms. The largest absolute Gasteiger partial charge is 0.463 e. The van der Waals surface area contributed by atoms with E-state index in [0.717, 1.165) is 25.7 Å². The Labute approximate surface area is 122 Å². The molecule has 0 fully saturated rings. The highest BCUT2D eigenvalue weighted by Crippen LogP contribution is 2.17. The van der Waals surface area contributed by atoms with E-state index in [1.165, 1.54) is 0 Å². The highest BCUT2D eigenvalue weighted by atomic mass is 16.6. The zero-order valence-electron chi connectivity index (χ0n) is 13.2. The molecule has 2 unspecified atom stereocenters. The molecule has 0 aliphatic heterocycles. The minimum Gasteiger partial charge on any atom is -0.463 e. The summed E-state index contributed by atoms with van der Waals surface area (Å²) >= 11 is 0. The molecule has 0 heterocycles. The van der Waals surface area contributed by atoms with E-state index in [-0.39, 0.29) is 18.3 Å². The fourth-order valence-electron chi connectivity index (χ4n) is 1.83. The molecule has 0 rings (SSSR count). The van der Waals surface area contributed by atoms with E-state index in [4.69, 9.17) is 9.47 Å². The van der Waals surface area contributed by atoms with Crippen LogP contribution in [0.15, 0.2) is 12.2 Å². The molecule has 0 saturated carbocycles. The summed E-state index contributed by atoms with van der Waals surface area (Å²) in [5, 5.41) is 0. The van der Waals surface area contributed by atoms with Crippen molar-refractivity contribution in [2.24, 2.45) is 5.92 Å². The number of esters is 2. The van der Waals surface area contributed by atoms with Gasteiger partial charge >= 0.3 is 11.9 Å². The summed E-state index contributed by atoms with van der Waals surface area (Å²) in [5.74, 6) is -0.840. The molecular formula is C16H28O4. The molecule has 0 aromatic heterocycles. The first-order chi connectivity index (χ1) is 9.56. The van der Waals surface area contributed by atoms with Crippen LogP contribution in [-0.2, 0) is 19.1 Å². The molecule has 0 aliphatic rings. The van der Waals surface area contributed by atoms with Crippen molar-refractivity contribution >= 4 is 11.9 Å². The van der Waals surface area contributed by atoms with Gasteiger partial charge in [0.1, 0.15) is 0 Å². The van der Waals surface area contributed by atoms with E-state index in [0.29, 0.717) is 6.61 Å². The summed E-state index contributed by atoms with van der Waals surface area (Å²) in [6, 6.07) is 0. The van der Waals surface area contributed by atoms with Crippen LogP contribution in [0.25, 0.3) is 0 Å². The van der Waals surface area contributed by atoms with Gasteiger partial charge in [0.25, 0.3) is 0 Å². The Kier molecular flexibility index (Phi) is 10.7. The van der Waals surface area contributed by atoms with Crippen LogP contribution >= 0.6 is 0 Å². The lowest BCUT2D eigenvalue weighted by Crippen LogP contribution is -2.35. The molecule has 4 nitrogen and oxygen atoms in total. The standard InChI is InChI=1S/C16H28O4/c1-5-8-10-12-14(17)20-15(16(18)19-7-3)13(4)11-9-6-2/h8,10,13,15H,5-7,9,11-12H2,1-4H3/b10-8-. The van der Waals surface area contributed by atoms with Crippen molar-refractivity contribution in [3.63, 3.8) is 0 Å². The van der Waals surface area contributed by atoms with E-state index in [2.05, 4.69) is 6.92 Å². The van der Waals surface area contributed by atoms with Gasteiger partial charge in [0.15, 0.2) is 0 Å². The lowest BCUT2D eigenvalue weighted by molar-refractivity contribution is -0.170. The molecule has 0 radical (unpaired) electrons. The molecule has 4 heteroatoms. The van der Waals surface area contributed by atoms with Gasteiger partial charge in [-0.1, -0.05) is 45.8 Å². The van der Waals surface area contributed by atoms with E-state index in [1.807, 2.05) is 19.9 Å². The van der Waals surface area contributed by atoms with Gasteiger partial charge in [0.05, 0.1) is 13.0 Å². The fraction of sp³-hybridized carbons (Fsp3) is 0.750. The lowest BCUT2D eigenvalue weighted by atomic mass is 9.98. The zero-order valence-corrected chi connectivity index (χ0v) is 13.2. The third-order valence-electron chi connectivity index (χ3n) is 2.99. The van der Waals surface area contributed by atoms with E-state index in [9.17, 15) is 9.59 Å². The van der Waals surface area contributed by atoms with Gasteiger partial charge in [-0.15, -0.1) is 0 Å². The Morgan fingerprint density at radius 2 is 1.85 bits per heavy atom. The number of carbonyl (C=O) groups is 2. The van der Waals surface area contributed by atoms with Gasteiger partial charge in [-0.25, -0.2) is 4.79 Å². The molecule has 0 spiro atoms. The Balaban J connectivity index is 4.54. The number of unbranched alkanes of at least 4 members (excludes halogenated alkanes) is 1. The quantitative estimate of drug-likeness (QED) is 0.454. The van der Waals surface area contributed by atoms with Gasteiger partial charge < -0.3 is 9.47 Å². The van der Waals surface area contributed by atoms with Crippen LogP contribution in [0, 0.1) is 5.92 Å². The maximum absolute atomic E-state index is 11.9. The SMILES string of the molecule is CC/C=C\CC(=O)OC(C(=O)OCC)C(C)CCCC. The summed E-state index contributed by atoms with van der Waals surface area (Å²) < 4.78 is 10.3. The van der Waals surface area contributed by atoms with Crippen molar-refractivity contribution in [2.75, 3.05) is 6.61 Å². The minimum atomic E-state index is -0.788. The van der Waals surface area contributed by atoms with Crippen LogP contribution in [0.2, 0.25) is 0 Å². The second-order valence-corrected chi connectivity index (χ2v) is 4.87. The smallest absolute Gasteiger partial charge is 0.347 e. The van der Waals surface area contributed by atoms with Crippen LogP contribution in [0.1, 0.15) is 59.8 Å². The monoisotopic (exact) mass is 284 g/mol. The molecule has 0 aromatic carbocycles. The Hall–Kier alpha value is -1.32. The first kappa shape index (κ1) is 18.7. The first-order valence-corrected chi connectivity index (χ1v) is 7.57. The van der Waals surface area contributed by atoms with Crippen LogP contribution in [0.5, 0.6) is 0 Å². The molecule has 2 atom stereocenters. The van der Waals surface area contributed by atoms with Crippen molar-refractivity contribution in [3.8, 4) is 0 Å². The highest BCUT2D eigenvalue weighted by molar-refractivity contribution is 5.80. The molecule has 20 heavy (non-hydrogen) atoms. The van der Waals surface area contributed by atoms with Gasteiger partial charge in [-0.3, -0.25) is 4.79 Å². The maximum Gasteiger partial charge on any atom is 0.347 e. The molecular weight excluding hydrogens is 256 g/mol. The van der Waals surface area contributed by atoms with Crippen molar-refractivity contribution in [2.45, 2.75) is 65.9 Å². The van der Waals surface area contributed by atoms with Gasteiger partial charge in [0.2, 0.25) is 6.10 Å². The second-order valence-electron chi connectivity index (χ2n) is 4.87. The van der Waals surface area contributed by atoms with Crippen molar-refractivity contribution in [1.82, 2.24) is 0 Å². The Bertz CT molecular complexity index is 310. The van der Waals surface area contributed by atoms with Crippen LogP contribution in [0.4, 0.5) is 0 Å². The number of hydrogen-bond donors (Lipinski definition) is 0. The van der Waals surface area contributed by atoms with E-state index in [1.54, 1.807) is 13.0 Å². The Morgan fingerprint density at radius 1 is 1.15 bits per heavy atom. The average molecular weight is 284 g/mol. The van der Waals surface area contributed by atoms with E-state index >= 15 is 0 Å². The number of ether oxygens (including phenoxy) is 2. The van der Waals surface area contributed by atoms with Crippen LogP contribution in [0.3, 0.4) is 0 Å². The molecule has 0 amide bonds. The van der Waals surface area contributed by atoms with Crippen molar-refractivity contribution in [1.29, 1.82) is 0 Å². The predicted octanol–water partition coefficient (Wildman–Crippen LogP) is 3.64. The third-order valence-corrected chi connectivity index (χ3v) is 2.99. The molecule has 0 N–H and O–H groups in total. The number of carbonyl (C=O) groups excluding carboxylic acids is 2. The molecule has 0 saturated heterocycles. The van der Waals surface area contributed by atoms with Crippen molar-refractivity contribution < 1.29 is 19.1 Å². The highest BCUT2D eigenvalue weighted by Gasteiger charge is 2.29. The summed E-state index contributed by atoms with van der Waals surface area (Å²) in [6.45, 7) is 8.05. The summed E-state index contributed by atoms with van der Waals surface area (Å²) in [7, 11) is 0. The molecule has 0 aliphatic carbocycles. The predicted molar refractivity (Wildman–Crippen MR) is 79.3 cm³/mol. The van der Waals surface area contributed by atoms with Crippen LogP contribution in [-0.4, -0.2) is 24.6 Å². The maximum atomic E-state index is 11.9. The minimum absolute atomic E-state index is 0.0203. The number of rotatable bonds is 10. The van der Waals surface area contributed by atoms with Gasteiger partial charge in [-0.2, -0.15) is 0 Å². The van der Waals surface area contributed by atoms with Crippen LogP contribution < -0.4 is 0 Å². The van der Waals surface area contributed by atoms with Gasteiger partial charge in [0, 0.05) is 5.92 Å².